The third-order valence-electron chi connectivity index (χ3n) is 4.96. The number of carbonyl (C=O) groups is 2. The van der Waals surface area contributed by atoms with Gasteiger partial charge in [-0.1, -0.05) is 12.1 Å². The molecule has 2 aliphatic rings. The quantitative estimate of drug-likeness (QED) is 0.773. The van der Waals surface area contributed by atoms with Crippen molar-refractivity contribution in [3.63, 3.8) is 0 Å². The molecule has 1 aliphatic heterocycles. The average Bonchev–Trinajstić information content (AvgIpc) is 3.35. The van der Waals surface area contributed by atoms with Gasteiger partial charge < -0.3 is 15.7 Å². The third kappa shape index (κ3) is 3.78. The fourth-order valence-corrected chi connectivity index (χ4v) is 3.22. The molecule has 2 fully saturated rings. The van der Waals surface area contributed by atoms with Gasteiger partial charge in [0.2, 0.25) is 5.91 Å². The van der Waals surface area contributed by atoms with Crippen molar-refractivity contribution >= 4 is 11.9 Å². The number of rotatable bonds is 4. The summed E-state index contributed by atoms with van der Waals surface area (Å²) in [7, 11) is 0. The SMILES string of the molecule is O=C(NC1(c2ccc(C(F)(F)F)cc2)CC1)C1CCC(C(=O)O)NC1. The Morgan fingerprint density at radius 1 is 1.16 bits per heavy atom. The molecule has 0 aromatic heterocycles. The minimum absolute atomic E-state index is 0.186. The molecule has 1 amide bonds. The van der Waals surface area contributed by atoms with Crippen molar-refractivity contribution in [3.8, 4) is 0 Å². The molecule has 2 unspecified atom stereocenters. The first-order chi connectivity index (χ1) is 11.7. The number of aliphatic carboxylic acids is 1. The lowest BCUT2D eigenvalue weighted by Gasteiger charge is -2.28. The number of carboxylic acid groups (broad SMARTS) is 1. The smallest absolute Gasteiger partial charge is 0.416 e. The van der Waals surface area contributed by atoms with E-state index in [0.29, 0.717) is 31.2 Å². The van der Waals surface area contributed by atoms with Crippen molar-refractivity contribution in [2.75, 3.05) is 6.54 Å². The molecule has 0 radical (unpaired) electrons. The van der Waals surface area contributed by atoms with Crippen LogP contribution >= 0.6 is 0 Å². The van der Waals surface area contributed by atoms with Crippen LogP contribution < -0.4 is 10.6 Å². The van der Waals surface area contributed by atoms with Gasteiger partial charge in [0.15, 0.2) is 0 Å². The highest BCUT2D eigenvalue weighted by Crippen LogP contribution is 2.46. The Labute approximate surface area is 142 Å². The summed E-state index contributed by atoms with van der Waals surface area (Å²) in [5, 5.41) is 14.7. The summed E-state index contributed by atoms with van der Waals surface area (Å²) < 4.78 is 38.0. The monoisotopic (exact) mass is 356 g/mol. The molecule has 136 valence electrons. The van der Waals surface area contributed by atoms with Crippen LogP contribution in [0.15, 0.2) is 24.3 Å². The number of carboxylic acids is 1. The van der Waals surface area contributed by atoms with Crippen molar-refractivity contribution in [3.05, 3.63) is 35.4 Å². The zero-order chi connectivity index (χ0) is 18.2. The van der Waals surface area contributed by atoms with Gasteiger partial charge in [0.25, 0.3) is 0 Å². The molecule has 3 rings (SSSR count). The first-order valence-corrected chi connectivity index (χ1v) is 8.17. The van der Waals surface area contributed by atoms with E-state index in [1.165, 1.54) is 12.1 Å². The number of hydrogen-bond acceptors (Lipinski definition) is 3. The van der Waals surface area contributed by atoms with Gasteiger partial charge >= 0.3 is 12.1 Å². The molecule has 1 aromatic carbocycles. The molecule has 1 heterocycles. The van der Waals surface area contributed by atoms with Crippen LogP contribution in [0.3, 0.4) is 0 Å². The maximum Gasteiger partial charge on any atom is 0.416 e. The fraction of sp³-hybridized carbons (Fsp3) is 0.529. The predicted octanol–water partition coefficient (Wildman–Crippen LogP) is 2.26. The van der Waals surface area contributed by atoms with Gasteiger partial charge in [0, 0.05) is 6.54 Å². The van der Waals surface area contributed by atoms with Crippen LogP contribution in [0.25, 0.3) is 0 Å². The highest BCUT2D eigenvalue weighted by molar-refractivity contribution is 5.81. The summed E-state index contributed by atoms with van der Waals surface area (Å²) in [4.78, 5) is 23.4. The number of hydrogen-bond donors (Lipinski definition) is 3. The second-order valence-corrected chi connectivity index (χ2v) is 6.72. The first kappa shape index (κ1) is 17.7. The highest BCUT2D eigenvalue weighted by atomic mass is 19.4. The standard InChI is InChI=1S/C17H19F3N2O3/c18-17(19,20)12-4-2-11(3-5-12)16(7-8-16)22-14(23)10-1-6-13(15(24)25)21-9-10/h2-5,10,13,21H,1,6-9H2,(H,22,23)(H,24,25). The zero-order valence-electron chi connectivity index (χ0n) is 13.4. The maximum atomic E-state index is 12.7. The summed E-state index contributed by atoms with van der Waals surface area (Å²) in [6, 6.07) is 4.25. The Bertz CT molecular complexity index is 661. The highest BCUT2D eigenvalue weighted by Gasteiger charge is 2.47. The van der Waals surface area contributed by atoms with Crippen LogP contribution in [0.4, 0.5) is 13.2 Å². The van der Waals surface area contributed by atoms with Crippen molar-refractivity contribution < 1.29 is 27.9 Å². The summed E-state index contributed by atoms with van der Waals surface area (Å²) in [6.45, 7) is 0.284. The molecule has 1 aromatic rings. The van der Waals surface area contributed by atoms with E-state index in [2.05, 4.69) is 10.6 Å². The van der Waals surface area contributed by atoms with E-state index in [9.17, 15) is 22.8 Å². The Kier molecular flexibility index (Phi) is 4.49. The van der Waals surface area contributed by atoms with Gasteiger partial charge in [0.05, 0.1) is 17.0 Å². The molecule has 8 heteroatoms. The molecular weight excluding hydrogens is 337 g/mol. The van der Waals surface area contributed by atoms with Gasteiger partial charge in [0.1, 0.15) is 6.04 Å². The average molecular weight is 356 g/mol. The largest absolute Gasteiger partial charge is 0.480 e. The van der Waals surface area contributed by atoms with Gasteiger partial charge in [-0.25, -0.2) is 0 Å². The lowest BCUT2D eigenvalue weighted by atomic mass is 9.93. The number of piperidine rings is 1. The minimum atomic E-state index is -4.38. The molecule has 0 bridgehead atoms. The molecule has 25 heavy (non-hydrogen) atoms. The maximum absolute atomic E-state index is 12.7. The molecule has 5 nitrogen and oxygen atoms in total. The van der Waals surface area contributed by atoms with Gasteiger partial charge in [-0.3, -0.25) is 9.59 Å². The van der Waals surface area contributed by atoms with Gasteiger partial charge in [-0.2, -0.15) is 13.2 Å². The van der Waals surface area contributed by atoms with Crippen LogP contribution in [0, 0.1) is 5.92 Å². The molecular formula is C17H19F3N2O3. The lowest BCUT2D eigenvalue weighted by molar-refractivity contribution is -0.141. The lowest BCUT2D eigenvalue weighted by Crippen LogP contribution is -2.49. The summed E-state index contributed by atoms with van der Waals surface area (Å²) in [6.07, 6.45) is -2.17. The van der Waals surface area contributed by atoms with E-state index in [4.69, 9.17) is 5.11 Å². The Hall–Kier alpha value is -2.09. The normalized spacial score (nSPS) is 25.2. The number of nitrogens with one attached hydrogen (secondary N) is 2. The molecule has 0 spiro atoms. The van der Waals surface area contributed by atoms with Crippen LogP contribution in [0.1, 0.15) is 36.8 Å². The van der Waals surface area contributed by atoms with E-state index in [1.54, 1.807) is 0 Å². The first-order valence-electron chi connectivity index (χ1n) is 8.17. The van der Waals surface area contributed by atoms with Crippen LogP contribution in [0.5, 0.6) is 0 Å². The topological polar surface area (TPSA) is 78.4 Å². The van der Waals surface area contributed by atoms with E-state index in [-0.39, 0.29) is 18.4 Å². The van der Waals surface area contributed by atoms with Gasteiger partial charge in [-0.05, 0) is 43.4 Å². The second-order valence-electron chi connectivity index (χ2n) is 6.72. The predicted molar refractivity (Wildman–Crippen MR) is 82.6 cm³/mol. The third-order valence-corrected chi connectivity index (χ3v) is 4.96. The van der Waals surface area contributed by atoms with Crippen molar-refractivity contribution in [1.29, 1.82) is 0 Å². The molecule has 2 atom stereocenters. The number of amides is 1. The summed E-state index contributed by atoms with van der Waals surface area (Å²) in [5.74, 6) is -1.45. The minimum Gasteiger partial charge on any atom is -0.480 e. The number of halogens is 3. The molecule has 1 aliphatic carbocycles. The van der Waals surface area contributed by atoms with Crippen LogP contribution in [-0.4, -0.2) is 29.6 Å². The fourth-order valence-electron chi connectivity index (χ4n) is 3.22. The molecule has 1 saturated heterocycles. The van der Waals surface area contributed by atoms with Crippen molar-refractivity contribution in [2.24, 2.45) is 5.92 Å². The summed E-state index contributed by atoms with van der Waals surface area (Å²) >= 11 is 0. The van der Waals surface area contributed by atoms with Crippen LogP contribution in [0.2, 0.25) is 0 Å². The Balaban J connectivity index is 1.62. The summed E-state index contributed by atoms with van der Waals surface area (Å²) in [5.41, 5.74) is -0.638. The van der Waals surface area contributed by atoms with E-state index in [1.807, 2.05) is 0 Å². The number of alkyl halides is 3. The van der Waals surface area contributed by atoms with Gasteiger partial charge in [-0.15, -0.1) is 0 Å². The Morgan fingerprint density at radius 3 is 2.24 bits per heavy atom. The number of benzene rings is 1. The second kappa shape index (κ2) is 6.33. The van der Waals surface area contributed by atoms with Crippen molar-refractivity contribution in [1.82, 2.24) is 10.6 Å². The number of carbonyl (C=O) groups excluding carboxylic acids is 1. The van der Waals surface area contributed by atoms with E-state index >= 15 is 0 Å². The van der Waals surface area contributed by atoms with E-state index < -0.39 is 29.3 Å². The van der Waals surface area contributed by atoms with Crippen LogP contribution in [-0.2, 0) is 21.3 Å². The molecule has 3 N–H and O–H groups in total. The van der Waals surface area contributed by atoms with E-state index in [0.717, 1.165) is 12.1 Å². The van der Waals surface area contributed by atoms with Crippen molar-refractivity contribution in [2.45, 2.75) is 43.4 Å². The zero-order valence-corrected chi connectivity index (χ0v) is 13.4. The molecule has 1 saturated carbocycles. The Morgan fingerprint density at radius 2 is 1.80 bits per heavy atom.